The third kappa shape index (κ3) is 4.22. The molecule has 4 heteroatoms. The van der Waals surface area contributed by atoms with Crippen LogP contribution < -0.4 is 14.8 Å². The minimum Gasteiger partial charge on any atom is -0.496 e. The zero-order valence-electron chi connectivity index (χ0n) is 12.4. The number of hydrogen-bond acceptors (Lipinski definition) is 3. The van der Waals surface area contributed by atoms with Crippen molar-refractivity contribution in [2.24, 2.45) is 0 Å². The lowest BCUT2D eigenvalue weighted by atomic mass is 10.2. The van der Waals surface area contributed by atoms with Crippen molar-refractivity contribution in [2.75, 3.05) is 13.7 Å². The molecule has 0 amide bonds. The fourth-order valence-electron chi connectivity index (χ4n) is 2.09. The number of nitrogens with one attached hydrogen (secondary N) is 1. The van der Waals surface area contributed by atoms with E-state index in [0.29, 0.717) is 6.61 Å². The Morgan fingerprint density at radius 1 is 1.05 bits per heavy atom. The van der Waals surface area contributed by atoms with Gasteiger partial charge in [0, 0.05) is 17.7 Å². The Hall–Kier alpha value is -1.52. The molecule has 0 fully saturated rings. The predicted molar refractivity (Wildman–Crippen MR) is 88.8 cm³/mol. The predicted octanol–water partition coefficient (Wildman–Crippen LogP) is 4.15. The number of methoxy groups -OCH3 is 1. The van der Waals surface area contributed by atoms with E-state index in [-0.39, 0.29) is 0 Å². The van der Waals surface area contributed by atoms with Crippen molar-refractivity contribution in [3.05, 3.63) is 58.1 Å². The van der Waals surface area contributed by atoms with E-state index in [1.165, 1.54) is 0 Å². The molecule has 0 spiro atoms. The first-order valence-corrected chi connectivity index (χ1v) is 7.78. The summed E-state index contributed by atoms with van der Waals surface area (Å²) in [5, 5.41) is 3.33. The molecule has 0 saturated carbocycles. The van der Waals surface area contributed by atoms with Crippen LogP contribution in [-0.2, 0) is 13.2 Å². The standard InChI is InChI=1S/C17H20BrNO2/c1-3-19-11-13-8-6-9-15(18)17(13)21-12-14-7-4-5-10-16(14)20-2/h4-10,19H,3,11-12H2,1-2H3. The number of benzene rings is 2. The quantitative estimate of drug-likeness (QED) is 0.814. The Kier molecular flexibility index (Phi) is 6.08. The van der Waals surface area contributed by atoms with Gasteiger partial charge in [0.1, 0.15) is 18.1 Å². The highest BCUT2D eigenvalue weighted by Gasteiger charge is 2.09. The highest BCUT2D eigenvalue weighted by Crippen LogP contribution is 2.30. The monoisotopic (exact) mass is 349 g/mol. The zero-order valence-corrected chi connectivity index (χ0v) is 13.9. The summed E-state index contributed by atoms with van der Waals surface area (Å²) in [7, 11) is 1.67. The number of para-hydroxylation sites is 2. The second kappa shape index (κ2) is 8.05. The lowest BCUT2D eigenvalue weighted by Gasteiger charge is -2.15. The van der Waals surface area contributed by atoms with Gasteiger partial charge in [-0.1, -0.05) is 37.3 Å². The van der Waals surface area contributed by atoms with Crippen LogP contribution >= 0.6 is 15.9 Å². The van der Waals surface area contributed by atoms with Gasteiger partial charge in [-0.05, 0) is 34.6 Å². The lowest BCUT2D eigenvalue weighted by Crippen LogP contribution is -2.13. The highest BCUT2D eigenvalue weighted by molar-refractivity contribution is 9.10. The van der Waals surface area contributed by atoms with E-state index in [4.69, 9.17) is 9.47 Å². The molecule has 0 bridgehead atoms. The van der Waals surface area contributed by atoms with Crippen LogP contribution in [0.15, 0.2) is 46.9 Å². The molecular weight excluding hydrogens is 330 g/mol. The van der Waals surface area contributed by atoms with Crippen molar-refractivity contribution in [2.45, 2.75) is 20.1 Å². The van der Waals surface area contributed by atoms with E-state index >= 15 is 0 Å². The van der Waals surface area contributed by atoms with E-state index in [9.17, 15) is 0 Å². The van der Waals surface area contributed by atoms with E-state index in [0.717, 1.165) is 40.2 Å². The largest absolute Gasteiger partial charge is 0.496 e. The van der Waals surface area contributed by atoms with Gasteiger partial charge in [-0.3, -0.25) is 0 Å². The normalized spacial score (nSPS) is 10.4. The van der Waals surface area contributed by atoms with Crippen molar-refractivity contribution < 1.29 is 9.47 Å². The third-order valence-corrected chi connectivity index (χ3v) is 3.80. The summed E-state index contributed by atoms with van der Waals surface area (Å²) < 4.78 is 12.3. The van der Waals surface area contributed by atoms with Crippen LogP contribution in [0.3, 0.4) is 0 Å². The first kappa shape index (κ1) is 15.9. The topological polar surface area (TPSA) is 30.5 Å². The van der Waals surface area contributed by atoms with Gasteiger partial charge < -0.3 is 14.8 Å². The highest BCUT2D eigenvalue weighted by atomic mass is 79.9. The van der Waals surface area contributed by atoms with Crippen molar-refractivity contribution in [3.8, 4) is 11.5 Å². The van der Waals surface area contributed by atoms with Gasteiger partial charge in [0.2, 0.25) is 0 Å². The summed E-state index contributed by atoms with van der Waals surface area (Å²) in [6, 6.07) is 14.0. The number of rotatable bonds is 7. The summed E-state index contributed by atoms with van der Waals surface area (Å²) in [5.41, 5.74) is 2.17. The maximum Gasteiger partial charge on any atom is 0.138 e. The summed E-state index contributed by atoms with van der Waals surface area (Å²) in [4.78, 5) is 0. The molecule has 2 rings (SSSR count). The van der Waals surface area contributed by atoms with Crippen molar-refractivity contribution in [3.63, 3.8) is 0 Å². The van der Waals surface area contributed by atoms with E-state index in [2.05, 4.69) is 34.2 Å². The summed E-state index contributed by atoms with van der Waals surface area (Å²) in [5.74, 6) is 1.72. The molecule has 0 unspecified atom stereocenters. The Morgan fingerprint density at radius 2 is 1.81 bits per heavy atom. The molecular formula is C17H20BrNO2. The van der Waals surface area contributed by atoms with E-state index in [1.54, 1.807) is 7.11 Å². The van der Waals surface area contributed by atoms with Crippen LogP contribution in [-0.4, -0.2) is 13.7 Å². The second-order valence-corrected chi connectivity index (χ2v) is 5.46. The SMILES string of the molecule is CCNCc1cccc(Br)c1OCc1ccccc1OC. The maximum atomic E-state index is 6.03. The zero-order chi connectivity index (χ0) is 15.1. The van der Waals surface area contributed by atoms with Gasteiger partial charge in [-0.25, -0.2) is 0 Å². The molecule has 0 radical (unpaired) electrons. The molecule has 0 saturated heterocycles. The molecule has 112 valence electrons. The fourth-order valence-corrected chi connectivity index (χ4v) is 2.61. The second-order valence-electron chi connectivity index (χ2n) is 4.61. The number of ether oxygens (including phenoxy) is 2. The molecule has 3 nitrogen and oxygen atoms in total. The summed E-state index contributed by atoms with van der Waals surface area (Å²) in [6.07, 6.45) is 0. The summed E-state index contributed by atoms with van der Waals surface area (Å²) in [6.45, 7) is 4.29. The fraction of sp³-hybridized carbons (Fsp3) is 0.294. The first-order chi connectivity index (χ1) is 10.3. The van der Waals surface area contributed by atoms with Gasteiger partial charge in [-0.15, -0.1) is 0 Å². The molecule has 1 N–H and O–H groups in total. The average Bonchev–Trinajstić information content (AvgIpc) is 2.52. The third-order valence-electron chi connectivity index (χ3n) is 3.18. The smallest absolute Gasteiger partial charge is 0.138 e. The van der Waals surface area contributed by atoms with Gasteiger partial charge in [0.05, 0.1) is 11.6 Å². The minimum atomic E-state index is 0.478. The van der Waals surface area contributed by atoms with Crippen LogP contribution in [0, 0.1) is 0 Å². The molecule has 21 heavy (non-hydrogen) atoms. The van der Waals surface area contributed by atoms with Crippen LogP contribution in [0.5, 0.6) is 11.5 Å². The first-order valence-electron chi connectivity index (χ1n) is 6.99. The van der Waals surface area contributed by atoms with Crippen molar-refractivity contribution in [1.29, 1.82) is 0 Å². The van der Waals surface area contributed by atoms with Gasteiger partial charge in [-0.2, -0.15) is 0 Å². The minimum absolute atomic E-state index is 0.478. The summed E-state index contributed by atoms with van der Waals surface area (Å²) >= 11 is 3.56. The van der Waals surface area contributed by atoms with Crippen LogP contribution in [0.2, 0.25) is 0 Å². The Balaban J connectivity index is 2.15. The van der Waals surface area contributed by atoms with Crippen molar-refractivity contribution in [1.82, 2.24) is 5.32 Å². The Labute approximate surface area is 134 Å². The van der Waals surface area contributed by atoms with Crippen LogP contribution in [0.25, 0.3) is 0 Å². The molecule has 0 heterocycles. The van der Waals surface area contributed by atoms with Gasteiger partial charge in [0.15, 0.2) is 0 Å². The molecule has 0 atom stereocenters. The molecule has 2 aromatic carbocycles. The number of hydrogen-bond donors (Lipinski definition) is 1. The van der Waals surface area contributed by atoms with Crippen LogP contribution in [0.4, 0.5) is 0 Å². The molecule has 0 aliphatic heterocycles. The van der Waals surface area contributed by atoms with E-state index in [1.807, 2.05) is 36.4 Å². The van der Waals surface area contributed by atoms with E-state index < -0.39 is 0 Å². The van der Waals surface area contributed by atoms with Crippen molar-refractivity contribution >= 4 is 15.9 Å². The Bertz CT molecular complexity index is 587. The van der Waals surface area contributed by atoms with Gasteiger partial charge in [0.25, 0.3) is 0 Å². The Morgan fingerprint density at radius 3 is 2.57 bits per heavy atom. The molecule has 2 aromatic rings. The molecule has 0 aliphatic rings. The number of halogens is 1. The molecule has 0 aromatic heterocycles. The molecule has 0 aliphatic carbocycles. The van der Waals surface area contributed by atoms with Gasteiger partial charge >= 0.3 is 0 Å². The van der Waals surface area contributed by atoms with Crippen LogP contribution in [0.1, 0.15) is 18.1 Å². The maximum absolute atomic E-state index is 6.03. The average molecular weight is 350 g/mol. The lowest BCUT2D eigenvalue weighted by molar-refractivity contribution is 0.291.